The molecule has 0 saturated carbocycles. The Balaban J connectivity index is 1.87. The Morgan fingerprint density at radius 1 is 1.13 bits per heavy atom. The van der Waals surface area contributed by atoms with Crippen molar-refractivity contribution in [2.45, 2.75) is 0 Å². The van der Waals surface area contributed by atoms with E-state index in [1.165, 1.54) is 0 Å². The summed E-state index contributed by atoms with van der Waals surface area (Å²) in [4.78, 5) is 10.6. The van der Waals surface area contributed by atoms with Gasteiger partial charge in [-0.1, -0.05) is 0 Å². The van der Waals surface area contributed by atoms with Crippen LogP contribution in [-0.4, -0.2) is 45.9 Å². The van der Waals surface area contributed by atoms with Gasteiger partial charge in [0.15, 0.2) is 5.65 Å². The molecule has 4 heterocycles. The van der Waals surface area contributed by atoms with Gasteiger partial charge >= 0.3 is 0 Å². The highest BCUT2D eigenvalue weighted by Gasteiger charge is 2.18. The molecule has 1 aliphatic heterocycles. The fraction of sp³-hybridized carbons (Fsp3) is 0.250. The second kappa shape index (κ2) is 5.66. The maximum Gasteiger partial charge on any atom is 0.159 e. The first-order valence-electron chi connectivity index (χ1n) is 7.39. The summed E-state index contributed by atoms with van der Waals surface area (Å²) >= 11 is 0. The zero-order chi connectivity index (χ0) is 15.6. The van der Waals surface area contributed by atoms with Crippen molar-refractivity contribution in [2.24, 2.45) is 0 Å². The molecule has 7 nitrogen and oxygen atoms in total. The van der Waals surface area contributed by atoms with Crippen LogP contribution in [0, 0.1) is 11.3 Å². The van der Waals surface area contributed by atoms with Crippen molar-refractivity contribution in [2.75, 3.05) is 31.2 Å². The molecular weight excluding hydrogens is 292 g/mol. The van der Waals surface area contributed by atoms with Crippen molar-refractivity contribution in [1.82, 2.24) is 19.6 Å². The van der Waals surface area contributed by atoms with Gasteiger partial charge in [-0.15, -0.1) is 0 Å². The number of rotatable bonds is 2. The van der Waals surface area contributed by atoms with Crippen LogP contribution >= 0.6 is 0 Å². The number of nitrogens with zero attached hydrogens (tertiary/aromatic N) is 6. The van der Waals surface area contributed by atoms with Gasteiger partial charge in [0, 0.05) is 43.2 Å². The van der Waals surface area contributed by atoms with Gasteiger partial charge in [-0.2, -0.15) is 14.9 Å². The van der Waals surface area contributed by atoms with Crippen LogP contribution < -0.4 is 4.90 Å². The number of aromatic nitrogens is 4. The van der Waals surface area contributed by atoms with E-state index in [0.29, 0.717) is 24.6 Å². The summed E-state index contributed by atoms with van der Waals surface area (Å²) in [7, 11) is 0. The molecule has 3 aromatic rings. The summed E-state index contributed by atoms with van der Waals surface area (Å²) in [5.74, 6) is 0.871. The summed E-state index contributed by atoms with van der Waals surface area (Å²) in [6.45, 7) is 2.89. The normalized spacial score (nSPS) is 14.8. The fourth-order valence-corrected chi connectivity index (χ4v) is 2.70. The highest BCUT2D eigenvalue weighted by molar-refractivity contribution is 5.66. The molecule has 0 bridgehead atoms. The van der Waals surface area contributed by atoms with E-state index in [0.717, 1.165) is 30.2 Å². The number of pyridine rings is 1. The zero-order valence-corrected chi connectivity index (χ0v) is 12.4. The Labute approximate surface area is 132 Å². The average molecular weight is 306 g/mol. The lowest BCUT2D eigenvalue weighted by Crippen LogP contribution is -2.37. The van der Waals surface area contributed by atoms with E-state index < -0.39 is 0 Å². The third-order valence-corrected chi connectivity index (χ3v) is 3.83. The Morgan fingerprint density at radius 2 is 1.91 bits per heavy atom. The van der Waals surface area contributed by atoms with Crippen molar-refractivity contribution < 1.29 is 4.74 Å². The van der Waals surface area contributed by atoms with Gasteiger partial charge in [-0.3, -0.25) is 4.98 Å². The quantitative estimate of drug-likeness (QED) is 0.714. The van der Waals surface area contributed by atoms with Gasteiger partial charge in [0.1, 0.15) is 17.6 Å². The van der Waals surface area contributed by atoms with Crippen molar-refractivity contribution in [3.05, 3.63) is 42.4 Å². The van der Waals surface area contributed by atoms with Crippen LogP contribution in [0.1, 0.15) is 5.69 Å². The predicted molar refractivity (Wildman–Crippen MR) is 84.0 cm³/mol. The minimum atomic E-state index is 0.389. The molecule has 3 aromatic heterocycles. The van der Waals surface area contributed by atoms with E-state index in [-0.39, 0.29) is 0 Å². The molecule has 0 spiro atoms. The maximum absolute atomic E-state index is 9.25. The van der Waals surface area contributed by atoms with Gasteiger partial charge < -0.3 is 9.64 Å². The lowest BCUT2D eigenvalue weighted by atomic mass is 10.2. The monoisotopic (exact) mass is 306 g/mol. The molecule has 4 rings (SSSR count). The second-order valence-corrected chi connectivity index (χ2v) is 5.25. The minimum absolute atomic E-state index is 0.389. The Kier molecular flexibility index (Phi) is 3.37. The number of fused-ring (bicyclic) bond motifs is 1. The molecule has 0 aliphatic carbocycles. The van der Waals surface area contributed by atoms with Crippen molar-refractivity contribution in [1.29, 1.82) is 5.26 Å². The molecule has 114 valence electrons. The lowest BCUT2D eigenvalue weighted by molar-refractivity contribution is 0.122. The van der Waals surface area contributed by atoms with Crippen molar-refractivity contribution >= 4 is 11.5 Å². The molecular formula is C16H14N6O. The first-order chi connectivity index (χ1) is 11.3. The summed E-state index contributed by atoms with van der Waals surface area (Å²) < 4.78 is 7.20. The molecule has 0 atom stereocenters. The topological polar surface area (TPSA) is 79.3 Å². The van der Waals surface area contributed by atoms with Crippen molar-refractivity contribution in [3.8, 4) is 17.3 Å². The third kappa shape index (κ3) is 2.49. The summed E-state index contributed by atoms with van der Waals surface area (Å²) in [5, 5.41) is 13.9. The summed E-state index contributed by atoms with van der Waals surface area (Å²) in [5.41, 5.74) is 2.83. The Bertz CT molecular complexity index is 877. The van der Waals surface area contributed by atoms with E-state index in [1.54, 1.807) is 23.0 Å². The van der Waals surface area contributed by atoms with E-state index in [2.05, 4.69) is 26.0 Å². The Hall–Kier alpha value is -2.98. The first-order valence-corrected chi connectivity index (χ1v) is 7.39. The molecule has 0 unspecified atom stereocenters. The number of anilines is 1. The molecule has 0 radical (unpaired) electrons. The van der Waals surface area contributed by atoms with Gasteiger partial charge in [0.25, 0.3) is 0 Å². The molecule has 0 amide bonds. The van der Waals surface area contributed by atoms with Crippen LogP contribution in [-0.2, 0) is 4.74 Å². The Morgan fingerprint density at radius 3 is 2.65 bits per heavy atom. The number of hydrogen-bond donors (Lipinski definition) is 0. The lowest BCUT2D eigenvalue weighted by Gasteiger charge is -2.28. The molecule has 1 fully saturated rings. The molecule has 7 heteroatoms. The molecule has 23 heavy (non-hydrogen) atoms. The first kappa shape index (κ1) is 13.7. The molecule has 1 saturated heterocycles. The van der Waals surface area contributed by atoms with Crippen LogP contribution in [0.15, 0.2) is 36.7 Å². The molecule has 0 N–H and O–H groups in total. The van der Waals surface area contributed by atoms with Gasteiger partial charge in [-0.05, 0) is 12.1 Å². The molecule has 0 aromatic carbocycles. The van der Waals surface area contributed by atoms with Crippen molar-refractivity contribution in [3.63, 3.8) is 0 Å². The van der Waals surface area contributed by atoms with Crippen LogP contribution in [0.4, 0.5) is 5.82 Å². The molecule has 1 aliphatic rings. The smallest absolute Gasteiger partial charge is 0.159 e. The van der Waals surface area contributed by atoms with E-state index >= 15 is 0 Å². The largest absolute Gasteiger partial charge is 0.378 e. The average Bonchev–Trinajstić information content (AvgIpc) is 3.06. The second-order valence-electron chi connectivity index (χ2n) is 5.25. The SMILES string of the molecule is N#Cc1cc(N2CCOCC2)n2nc(-c3ccncc3)cc2n1. The van der Waals surface area contributed by atoms with E-state index in [1.807, 2.05) is 18.2 Å². The van der Waals surface area contributed by atoms with Crippen LogP contribution in [0.2, 0.25) is 0 Å². The van der Waals surface area contributed by atoms with Gasteiger partial charge in [0.05, 0.1) is 18.9 Å². The number of hydrogen-bond acceptors (Lipinski definition) is 6. The van der Waals surface area contributed by atoms with Crippen LogP contribution in [0.3, 0.4) is 0 Å². The predicted octanol–water partition coefficient (Wildman–Crippen LogP) is 1.50. The van der Waals surface area contributed by atoms with Crippen LogP contribution in [0.5, 0.6) is 0 Å². The summed E-state index contributed by atoms with van der Waals surface area (Å²) in [6.07, 6.45) is 3.47. The minimum Gasteiger partial charge on any atom is -0.378 e. The van der Waals surface area contributed by atoms with Crippen LogP contribution in [0.25, 0.3) is 16.9 Å². The maximum atomic E-state index is 9.25. The highest BCUT2D eigenvalue weighted by Crippen LogP contribution is 2.23. The van der Waals surface area contributed by atoms with Gasteiger partial charge in [-0.25, -0.2) is 4.98 Å². The van der Waals surface area contributed by atoms with E-state index in [4.69, 9.17) is 4.74 Å². The number of nitriles is 1. The summed E-state index contributed by atoms with van der Waals surface area (Å²) in [6, 6.07) is 9.60. The highest BCUT2D eigenvalue weighted by atomic mass is 16.5. The number of morpholine rings is 1. The standard InChI is InChI=1S/C16H14N6O/c17-11-13-9-16(21-5-7-23-8-6-21)22-15(19-13)10-14(20-22)12-1-3-18-4-2-12/h1-4,9-10H,5-8H2. The third-order valence-electron chi connectivity index (χ3n) is 3.83. The fourth-order valence-electron chi connectivity index (χ4n) is 2.70. The number of ether oxygens (including phenoxy) is 1. The zero-order valence-electron chi connectivity index (χ0n) is 12.4. The van der Waals surface area contributed by atoms with E-state index in [9.17, 15) is 5.26 Å². The van der Waals surface area contributed by atoms with Gasteiger partial charge in [0.2, 0.25) is 0 Å².